The van der Waals surface area contributed by atoms with Crippen molar-refractivity contribution in [2.45, 2.75) is 6.61 Å². The van der Waals surface area contributed by atoms with E-state index in [1.807, 2.05) is 5.38 Å². The highest BCUT2D eigenvalue weighted by Crippen LogP contribution is 2.18. The molecule has 0 atom stereocenters. The Kier molecular flexibility index (Phi) is 5.60. The summed E-state index contributed by atoms with van der Waals surface area (Å²) in [5.41, 5.74) is 3.30. The van der Waals surface area contributed by atoms with Gasteiger partial charge < -0.3 is 14.2 Å². The third kappa shape index (κ3) is 4.46. The Morgan fingerprint density at radius 2 is 1.81 bits per heavy atom. The molecule has 3 rings (SSSR count). The number of thiazole rings is 1. The predicted molar refractivity (Wildman–Crippen MR) is 95.6 cm³/mol. The summed E-state index contributed by atoms with van der Waals surface area (Å²) < 4.78 is 15.6. The minimum atomic E-state index is -0.519. The van der Waals surface area contributed by atoms with Gasteiger partial charge in [0.15, 0.2) is 0 Å². The van der Waals surface area contributed by atoms with Crippen molar-refractivity contribution < 1.29 is 23.8 Å². The van der Waals surface area contributed by atoms with Gasteiger partial charge in [0, 0.05) is 5.38 Å². The molecule has 1 aromatic heterocycles. The van der Waals surface area contributed by atoms with Crippen LogP contribution in [0.5, 0.6) is 11.5 Å². The maximum Gasteiger partial charge on any atom is 0.343 e. The molecule has 0 amide bonds. The van der Waals surface area contributed by atoms with Crippen LogP contribution in [0.2, 0.25) is 0 Å². The lowest BCUT2D eigenvalue weighted by molar-refractivity contribution is 0.0600. The zero-order chi connectivity index (χ0) is 18.4. The summed E-state index contributed by atoms with van der Waals surface area (Å²) in [6.45, 7) is 0.330. The van der Waals surface area contributed by atoms with Crippen LogP contribution in [0, 0.1) is 0 Å². The average Bonchev–Trinajstić information content (AvgIpc) is 3.20. The molecule has 132 valence electrons. The Balaban J connectivity index is 1.64. The molecule has 0 fully saturated rings. The number of hydrogen-bond acceptors (Lipinski definition) is 7. The number of aromatic nitrogens is 1. The van der Waals surface area contributed by atoms with Gasteiger partial charge in [-0.1, -0.05) is 6.07 Å². The summed E-state index contributed by atoms with van der Waals surface area (Å²) in [6.07, 6.45) is 0. The van der Waals surface area contributed by atoms with Crippen LogP contribution < -0.4 is 9.47 Å². The minimum absolute atomic E-state index is 0.330. The topological polar surface area (TPSA) is 74.7 Å². The van der Waals surface area contributed by atoms with Crippen LogP contribution in [-0.4, -0.2) is 24.0 Å². The van der Waals surface area contributed by atoms with E-state index in [0.29, 0.717) is 29.2 Å². The predicted octanol–water partition coefficient (Wildman–Crippen LogP) is 3.73. The normalized spacial score (nSPS) is 10.2. The summed E-state index contributed by atoms with van der Waals surface area (Å²) in [7, 11) is 1.31. The molecule has 2 aromatic carbocycles. The maximum atomic E-state index is 12.3. The van der Waals surface area contributed by atoms with E-state index in [4.69, 9.17) is 9.47 Å². The van der Waals surface area contributed by atoms with Crippen molar-refractivity contribution in [1.29, 1.82) is 0 Å². The third-order valence-electron chi connectivity index (χ3n) is 3.43. The molecule has 7 heteroatoms. The highest BCUT2D eigenvalue weighted by atomic mass is 32.1. The zero-order valence-corrected chi connectivity index (χ0v) is 14.7. The van der Waals surface area contributed by atoms with E-state index in [0.717, 1.165) is 5.69 Å². The van der Waals surface area contributed by atoms with Crippen LogP contribution >= 0.6 is 11.3 Å². The lowest BCUT2D eigenvalue weighted by Gasteiger charge is -2.08. The molecule has 0 N–H and O–H groups in total. The molecule has 0 aliphatic carbocycles. The Bertz CT molecular complexity index is 891. The smallest absolute Gasteiger partial charge is 0.343 e. The molecule has 1 heterocycles. The van der Waals surface area contributed by atoms with Gasteiger partial charge in [-0.3, -0.25) is 0 Å². The zero-order valence-electron chi connectivity index (χ0n) is 13.9. The first-order chi connectivity index (χ1) is 12.7. The minimum Gasteiger partial charge on any atom is -0.487 e. The van der Waals surface area contributed by atoms with Crippen molar-refractivity contribution in [2.24, 2.45) is 0 Å². The average molecular weight is 369 g/mol. The number of ether oxygens (including phenoxy) is 3. The molecule has 0 saturated heterocycles. The lowest BCUT2D eigenvalue weighted by atomic mass is 10.2. The fourth-order valence-corrected chi connectivity index (χ4v) is 2.66. The quantitative estimate of drug-likeness (QED) is 0.487. The van der Waals surface area contributed by atoms with Crippen molar-refractivity contribution in [3.8, 4) is 11.5 Å². The molecule has 0 unspecified atom stereocenters. The maximum absolute atomic E-state index is 12.3. The highest BCUT2D eigenvalue weighted by molar-refractivity contribution is 7.07. The number of carbonyl (C=O) groups excluding carboxylic acids is 2. The fourth-order valence-electron chi connectivity index (χ4n) is 2.12. The second-order valence-corrected chi connectivity index (χ2v) is 5.92. The van der Waals surface area contributed by atoms with Crippen molar-refractivity contribution in [1.82, 2.24) is 4.98 Å². The van der Waals surface area contributed by atoms with E-state index in [1.165, 1.54) is 42.7 Å². The number of rotatable bonds is 6. The molecule has 0 aliphatic rings. The molecule has 0 radical (unpaired) electrons. The van der Waals surface area contributed by atoms with E-state index in [2.05, 4.69) is 9.72 Å². The van der Waals surface area contributed by atoms with E-state index < -0.39 is 11.9 Å². The lowest BCUT2D eigenvalue weighted by Crippen LogP contribution is -2.09. The number of methoxy groups -OCH3 is 1. The van der Waals surface area contributed by atoms with Crippen LogP contribution in [0.1, 0.15) is 26.4 Å². The number of carbonyl (C=O) groups is 2. The van der Waals surface area contributed by atoms with Gasteiger partial charge in [-0.2, -0.15) is 0 Å². The van der Waals surface area contributed by atoms with E-state index >= 15 is 0 Å². The first kappa shape index (κ1) is 17.6. The van der Waals surface area contributed by atoms with Crippen LogP contribution in [0.15, 0.2) is 59.4 Å². The van der Waals surface area contributed by atoms with Gasteiger partial charge in [0.25, 0.3) is 0 Å². The monoisotopic (exact) mass is 369 g/mol. The summed E-state index contributed by atoms with van der Waals surface area (Å²) >= 11 is 1.49. The Labute approximate surface area is 154 Å². The van der Waals surface area contributed by atoms with E-state index in [9.17, 15) is 9.59 Å². The second-order valence-electron chi connectivity index (χ2n) is 5.20. The van der Waals surface area contributed by atoms with Gasteiger partial charge in [0.1, 0.15) is 18.1 Å². The number of nitrogens with zero attached hydrogens (tertiary/aromatic N) is 1. The number of hydrogen-bond donors (Lipinski definition) is 0. The third-order valence-corrected chi connectivity index (χ3v) is 4.06. The molecule has 6 nitrogen and oxygen atoms in total. The van der Waals surface area contributed by atoms with Crippen LogP contribution in [0.3, 0.4) is 0 Å². The molecule has 0 aliphatic heterocycles. The van der Waals surface area contributed by atoms with Gasteiger partial charge in [-0.25, -0.2) is 14.6 Å². The summed E-state index contributed by atoms with van der Waals surface area (Å²) in [4.78, 5) is 27.8. The van der Waals surface area contributed by atoms with E-state index in [-0.39, 0.29) is 0 Å². The van der Waals surface area contributed by atoms with Gasteiger partial charge in [-0.15, -0.1) is 11.3 Å². The summed E-state index contributed by atoms with van der Waals surface area (Å²) in [5, 5.41) is 1.90. The van der Waals surface area contributed by atoms with Gasteiger partial charge in [-0.05, 0) is 42.5 Å². The molecule has 0 spiro atoms. The van der Waals surface area contributed by atoms with Crippen molar-refractivity contribution in [2.75, 3.05) is 7.11 Å². The molecular weight excluding hydrogens is 354 g/mol. The summed E-state index contributed by atoms with van der Waals surface area (Å²) in [5.74, 6) is -0.0901. The van der Waals surface area contributed by atoms with Crippen molar-refractivity contribution in [3.05, 3.63) is 76.2 Å². The second kappa shape index (κ2) is 8.26. The Morgan fingerprint density at radius 1 is 1.00 bits per heavy atom. The largest absolute Gasteiger partial charge is 0.487 e. The number of benzene rings is 2. The highest BCUT2D eigenvalue weighted by Gasteiger charge is 2.11. The van der Waals surface area contributed by atoms with Crippen molar-refractivity contribution in [3.63, 3.8) is 0 Å². The molecule has 0 saturated carbocycles. The molecular formula is C19H15NO5S. The molecule has 26 heavy (non-hydrogen) atoms. The fraction of sp³-hybridized carbons (Fsp3) is 0.105. The van der Waals surface area contributed by atoms with Crippen LogP contribution in [-0.2, 0) is 11.3 Å². The van der Waals surface area contributed by atoms with Gasteiger partial charge in [0.2, 0.25) is 0 Å². The first-order valence-corrected chi connectivity index (χ1v) is 8.60. The Morgan fingerprint density at radius 3 is 2.50 bits per heavy atom. The number of esters is 2. The van der Waals surface area contributed by atoms with Crippen LogP contribution in [0.25, 0.3) is 0 Å². The van der Waals surface area contributed by atoms with Crippen molar-refractivity contribution >= 4 is 23.3 Å². The SMILES string of the molecule is COC(=O)c1ccc(OC(=O)c2cccc(OCc3cscn3)c2)cc1. The van der Waals surface area contributed by atoms with E-state index in [1.54, 1.807) is 29.8 Å². The molecule has 0 bridgehead atoms. The first-order valence-electron chi connectivity index (χ1n) is 7.66. The molecule has 3 aromatic rings. The standard InChI is InChI=1S/C19H15NO5S/c1-23-18(21)13-5-7-16(8-6-13)25-19(22)14-3-2-4-17(9-14)24-10-15-11-26-12-20-15/h2-9,11-12H,10H2,1H3. The van der Waals surface area contributed by atoms with Gasteiger partial charge >= 0.3 is 11.9 Å². The van der Waals surface area contributed by atoms with Gasteiger partial charge in [0.05, 0.1) is 29.4 Å². The Hall–Kier alpha value is -3.19. The summed E-state index contributed by atoms with van der Waals surface area (Å²) in [6, 6.07) is 12.9. The van der Waals surface area contributed by atoms with Crippen LogP contribution in [0.4, 0.5) is 0 Å².